The first kappa shape index (κ1) is 17.7. The van der Waals surface area contributed by atoms with Crippen molar-refractivity contribution >= 4 is 5.69 Å². The Labute approximate surface area is 137 Å². The van der Waals surface area contributed by atoms with Crippen LogP contribution in [0.4, 0.5) is 5.69 Å². The molecule has 2 atom stereocenters. The number of nitrogens with one attached hydrogen (secondary N) is 1. The quantitative estimate of drug-likeness (QED) is 0.472. The summed E-state index contributed by atoms with van der Waals surface area (Å²) >= 11 is 0. The van der Waals surface area contributed by atoms with Crippen molar-refractivity contribution in [1.82, 2.24) is 0 Å². The molecule has 6 heteroatoms. The summed E-state index contributed by atoms with van der Waals surface area (Å²) in [6.07, 6.45) is 2.59. The molecule has 1 saturated heterocycles. The molecule has 0 aliphatic carbocycles. The molecule has 1 aromatic rings. The highest BCUT2D eigenvalue weighted by molar-refractivity contribution is 5.48. The first-order valence-electron chi connectivity index (χ1n) is 8.32. The van der Waals surface area contributed by atoms with Crippen LogP contribution in [0.25, 0.3) is 0 Å². The second-order valence-corrected chi connectivity index (χ2v) is 6.45. The van der Waals surface area contributed by atoms with E-state index in [2.05, 4.69) is 13.8 Å². The third kappa shape index (κ3) is 5.48. The monoisotopic (exact) mass is 323 g/mol. The molecule has 1 heterocycles. The Kier molecular flexibility index (Phi) is 6.36. The average Bonchev–Trinajstić information content (AvgIpc) is 2.47. The van der Waals surface area contributed by atoms with Gasteiger partial charge in [-0.05, 0) is 45.2 Å². The van der Waals surface area contributed by atoms with Crippen molar-refractivity contribution in [3.63, 3.8) is 0 Å². The third-order valence-corrected chi connectivity index (χ3v) is 4.11. The predicted molar refractivity (Wildman–Crippen MR) is 88.1 cm³/mol. The molecule has 128 valence electrons. The van der Waals surface area contributed by atoms with Crippen LogP contribution in [-0.4, -0.2) is 43.4 Å². The van der Waals surface area contributed by atoms with E-state index in [4.69, 9.17) is 9.47 Å². The molecule has 23 heavy (non-hydrogen) atoms. The summed E-state index contributed by atoms with van der Waals surface area (Å²) in [6, 6.07) is 5.07. The predicted octanol–water partition coefficient (Wildman–Crippen LogP) is 1.75. The fourth-order valence-corrected chi connectivity index (χ4v) is 3.14. The van der Waals surface area contributed by atoms with Gasteiger partial charge in [0.1, 0.15) is 25.3 Å². The molecular formula is C17H27N2O4+. The van der Waals surface area contributed by atoms with Crippen molar-refractivity contribution in [2.45, 2.75) is 45.8 Å². The largest absolute Gasteiger partial charge is 0.487 e. The molecule has 0 bridgehead atoms. The summed E-state index contributed by atoms with van der Waals surface area (Å²) in [5.41, 5.74) is 0.912. The molecule has 1 aromatic carbocycles. The number of quaternary nitrogens is 1. The van der Waals surface area contributed by atoms with Crippen molar-refractivity contribution < 1.29 is 19.3 Å². The van der Waals surface area contributed by atoms with Gasteiger partial charge >= 0.3 is 5.69 Å². The molecular weight excluding hydrogens is 296 g/mol. The Morgan fingerprint density at radius 2 is 2.00 bits per heavy atom. The van der Waals surface area contributed by atoms with Gasteiger partial charge in [-0.1, -0.05) is 6.07 Å². The Hall–Kier alpha value is -1.66. The summed E-state index contributed by atoms with van der Waals surface area (Å²) < 4.78 is 11.3. The minimum atomic E-state index is -0.386. The molecule has 1 aliphatic rings. The number of ether oxygens (including phenoxy) is 2. The molecule has 0 aromatic heterocycles. The summed E-state index contributed by atoms with van der Waals surface area (Å²) in [6.45, 7) is 9.79. The lowest BCUT2D eigenvalue weighted by Gasteiger charge is -2.32. The molecule has 2 rings (SSSR count). The van der Waals surface area contributed by atoms with Gasteiger partial charge < -0.3 is 14.4 Å². The maximum atomic E-state index is 11.0. The van der Waals surface area contributed by atoms with Crippen molar-refractivity contribution in [3.05, 3.63) is 33.9 Å². The van der Waals surface area contributed by atoms with E-state index in [0.717, 1.165) is 38.0 Å². The van der Waals surface area contributed by atoms with E-state index < -0.39 is 0 Å². The Balaban J connectivity index is 1.73. The van der Waals surface area contributed by atoms with Crippen molar-refractivity contribution in [1.29, 1.82) is 0 Å². The van der Waals surface area contributed by atoms with Crippen LogP contribution >= 0.6 is 0 Å². The first-order valence-corrected chi connectivity index (χ1v) is 8.32. The number of nitrogens with zero attached hydrogens (tertiary/aromatic N) is 1. The van der Waals surface area contributed by atoms with Crippen LogP contribution in [0.2, 0.25) is 0 Å². The zero-order valence-corrected chi connectivity index (χ0v) is 14.2. The lowest BCUT2D eigenvalue weighted by atomic mass is 10.2. The molecule has 0 saturated carbocycles. The van der Waals surface area contributed by atoms with E-state index in [1.807, 2.05) is 13.0 Å². The number of aryl methyl sites for hydroxylation is 1. The zero-order valence-electron chi connectivity index (χ0n) is 14.2. The third-order valence-electron chi connectivity index (χ3n) is 4.11. The van der Waals surface area contributed by atoms with Gasteiger partial charge in [0.2, 0.25) is 0 Å². The zero-order chi connectivity index (χ0) is 16.8. The van der Waals surface area contributed by atoms with Crippen LogP contribution < -0.4 is 9.64 Å². The Bertz CT molecular complexity index is 525. The number of rotatable bonds is 7. The van der Waals surface area contributed by atoms with Gasteiger partial charge in [0.25, 0.3) is 0 Å². The van der Waals surface area contributed by atoms with E-state index in [1.165, 1.54) is 0 Å². The Morgan fingerprint density at radius 3 is 2.65 bits per heavy atom. The Morgan fingerprint density at radius 1 is 1.30 bits per heavy atom. The molecule has 0 radical (unpaired) electrons. The lowest BCUT2D eigenvalue weighted by Crippen LogP contribution is -3.15. The fraction of sp³-hybridized carbons (Fsp3) is 0.647. The minimum Gasteiger partial charge on any atom is -0.487 e. The molecule has 1 fully saturated rings. The van der Waals surface area contributed by atoms with Gasteiger partial charge in [-0.15, -0.1) is 0 Å². The molecule has 0 spiro atoms. The van der Waals surface area contributed by atoms with Crippen LogP contribution in [0.1, 0.15) is 32.3 Å². The standard InChI is InChI=1S/C17H26N2O4/c1-13-6-7-17(16(10-13)19(20)21)22-9-5-4-8-18-11-14(2)23-15(3)12-18/h6-7,10,14-15H,4-5,8-9,11-12H2,1-3H3/p+1/t14-,15-/m0/s1. The number of benzene rings is 1. The topological polar surface area (TPSA) is 66.0 Å². The summed E-state index contributed by atoms with van der Waals surface area (Å²) in [7, 11) is 0. The van der Waals surface area contributed by atoms with Crippen LogP contribution in [-0.2, 0) is 4.74 Å². The SMILES string of the molecule is Cc1ccc(OCCCC[NH+]2C[C@H](C)O[C@@H](C)C2)c([N+](=O)[O-])c1. The highest BCUT2D eigenvalue weighted by Gasteiger charge is 2.24. The average molecular weight is 323 g/mol. The summed E-state index contributed by atoms with van der Waals surface area (Å²) in [4.78, 5) is 12.2. The van der Waals surface area contributed by atoms with Crippen LogP contribution in [0.15, 0.2) is 18.2 Å². The van der Waals surface area contributed by atoms with Crippen LogP contribution in [0.5, 0.6) is 5.75 Å². The van der Waals surface area contributed by atoms with Gasteiger partial charge in [-0.3, -0.25) is 10.1 Å². The molecule has 1 N–H and O–H groups in total. The summed E-state index contributed by atoms with van der Waals surface area (Å²) in [5, 5.41) is 11.0. The van der Waals surface area contributed by atoms with E-state index >= 15 is 0 Å². The first-order chi connectivity index (χ1) is 11.0. The maximum Gasteiger partial charge on any atom is 0.311 e. The molecule has 6 nitrogen and oxygen atoms in total. The van der Waals surface area contributed by atoms with E-state index in [9.17, 15) is 10.1 Å². The van der Waals surface area contributed by atoms with Gasteiger partial charge in [-0.2, -0.15) is 0 Å². The number of nitro benzene ring substituents is 1. The number of hydrogen-bond acceptors (Lipinski definition) is 4. The van der Waals surface area contributed by atoms with E-state index in [0.29, 0.717) is 24.6 Å². The molecule has 0 unspecified atom stereocenters. The van der Waals surface area contributed by atoms with Crippen molar-refractivity contribution in [2.75, 3.05) is 26.2 Å². The van der Waals surface area contributed by atoms with E-state index in [-0.39, 0.29) is 10.6 Å². The van der Waals surface area contributed by atoms with Gasteiger partial charge in [0.15, 0.2) is 5.75 Å². The van der Waals surface area contributed by atoms with Crippen molar-refractivity contribution in [3.8, 4) is 5.75 Å². The lowest BCUT2D eigenvalue weighted by molar-refractivity contribution is -0.915. The minimum absolute atomic E-state index is 0.0476. The van der Waals surface area contributed by atoms with Crippen LogP contribution in [0.3, 0.4) is 0 Å². The van der Waals surface area contributed by atoms with Gasteiger partial charge in [0, 0.05) is 6.07 Å². The van der Waals surface area contributed by atoms with Gasteiger partial charge in [-0.25, -0.2) is 0 Å². The second kappa shape index (κ2) is 8.26. The normalized spacial score (nSPS) is 24.4. The van der Waals surface area contributed by atoms with Crippen LogP contribution in [0, 0.1) is 17.0 Å². The highest BCUT2D eigenvalue weighted by atomic mass is 16.6. The highest BCUT2D eigenvalue weighted by Crippen LogP contribution is 2.27. The van der Waals surface area contributed by atoms with Crippen molar-refractivity contribution in [2.24, 2.45) is 0 Å². The summed E-state index contributed by atoms with van der Waals surface area (Å²) in [5.74, 6) is 0.363. The number of unbranched alkanes of at least 4 members (excludes halogenated alkanes) is 1. The number of nitro groups is 1. The van der Waals surface area contributed by atoms with Gasteiger partial charge in [0.05, 0.1) is 18.1 Å². The maximum absolute atomic E-state index is 11.0. The molecule has 0 amide bonds. The number of morpholine rings is 1. The fourth-order valence-electron chi connectivity index (χ4n) is 3.14. The molecule has 1 aliphatic heterocycles. The number of hydrogen-bond donors (Lipinski definition) is 1. The van der Waals surface area contributed by atoms with E-state index in [1.54, 1.807) is 17.0 Å². The smallest absolute Gasteiger partial charge is 0.311 e. The second-order valence-electron chi connectivity index (χ2n) is 6.45.